The molecular formula is C53H99NO5. The van der Waals surface area contributed by atoms with E-state index in [2.05, 4.69) is 55.6 Å². The summed E-state index contributed by atoms with van der Waals surface area (Å²) in [7, 11) is 0. The predicted molar refractivity (Wildman–Crippen MR) is 255 cm³/mol. The molecule has 0 rings (SSSR count). The average Bonchev–Trinajstić information content (AvgIpc) is 3.24. The Morgan fingerprint density at radius 1 is 0.475 bits per heavy atom. The van der Waals surface area contributed by atoms with E-state index in [0.717, 1.165) is 64.2 Å². The Balaban J connectivity index is 3.45. The Labute approximate surface area is 366 Å². The van der Waals surface area contributed by atoms with Crippen molar-refractivity contribution in [2.45, 2.75) is 276 Å². The van der Waals surface area contributed by atoms with Crippen LogP contribution in [0.5, 0.6) is 0 Å². The molecule has 0 fully saturated rings. The first kappa shape index (κ1) is 57.1. The molecule has 2 unspecified atom stereocenters. The predicted octanol–water partition coefficient (Wildman–Crippen LogP) is 15.3. The normalized spacial score (nSPS) is 12.9. The number of allylic oxidation sites excluding steroid dienone is 6. The lowest BCUT2D eigenvalue weighted by molar-refractivity contribution is -0.143. The molecule has 1 amide bonds. The van der Waals surface area contributed by atoms with Crippen molar-refractivity contribution in [2.24, 2.45) is 0 Å². The zero-order valence-electron chi connectivity index (χ0n) is 39.2. The molecule has 2 atom stereocenters. The zero-order chi connectivity index (χ0) is 43.0. The van der Waals surface area contributed by atoms with Crippen LogP contribution in [0.25, 0.3) is 0 Å². The Morgan fingerprint density at radius 2 is 0.847 bits per heavy atom. The summed E-state index contributed by atoms with van der Waals surface area (Å²) in [5, 5.41) is 23.0. The van der Waals surface area contributed by atoms with Crippen LogP contribution < -0.4 is 5.32 Å². The number of rotatable bonds is 47. The maximum Gasteiger partial charge on any atom is 0.305 e. The van der Waals surface area contributed by atoms with Crippen molar-refractivity contribution in [2.75, 3.05) is 13.2 Å². The van der Waals surface area contributed by atoms with Crippen LogP contribution in [0.3, 0.4) is 0 Å². The van der Waals surface area contributed by atoms with Gasteiger partial charge in [-0.05, 0) is 83.5 Å². The Hall–Kier alpha value is -1.92. The lowest BCUT2D eigenvalue weighted by Crippen LogP contribution is -2.45. The first-order valence-electron chi connectivity index (χ1n) is 25.7. The fraction of sp³-hybridized carbons (Fsp3) is 0.849. The van der Waals surface area contributed by atoms with E-state index < -0.39 is 12.1 Å². The van der Waals surface area contributed by atoms with Gasteiger partial charge in [-0.2, -0.15) is 0 Å². The molecule has 59 heavy (non-hydrogen) atoms. The van der Waals surface area contributed by atoms with Gasteiger partial charge in [-0.25, -0.2) is 0 Å². The van der Waals surface area contributed by atoms with Crippen molar-refractivity contribution in [1.29, 1.82) is 0 Å². The van der Waals surface area contributed by atoms with Crippen molar-refractivity contribution < 1.29 is 24.5 Å². The van der Waals surface area contributed by atoms with Gasteiger partial charge >= 0.3 is 5.97 Å². The van der Waals surface area contributed by atoms with Crippen molar-refractivity contribution in [3.63, 3.8) is 0 Å². The third kappa shape index (κ3) is 45.4. The van der Waals surface area contributed by atoms with Gasteiger partial charge in [0.05, 0.1) is 25.4 Å². The molecule has 0 aromatic heterocycles. The summed E-state index contributed by atoms with van der Waals surface area (Å²) in [6.45, 7) is 4.88. The van der Waals surface area contributed by atoms with Crippen LogP contribution in [0.15, 0.2) is 36.5 Å². The van der Waals surface area contributed by atoms with Crippen LogP contribution in [0.2, 0.25) is 0 Å². The molecule has 0 bridgehead atoms. The number of aliphatic hydroxyl groups is 2. The molecule has 0 aliphatic rings. The lowest BCUT2D eigenvalue weighted by Gasteiger charge is -2.22. The first-order valence-corrected chi connectivity index (χ1v) is 25.7. The largest absolute Gasteiger partial charge is 0.466 e. The lowest BCUT2D eigenvalue weighted by atomic mass is 10.0. The van der Waals surface area contributed by atoms with E-state index in [9.17, 15) is 19.8 Å². The summed E-state index contributed by atoms with van der Waals surface area (Å²) in [6, 6.07) is -0.549. The third-order valence-corrected chi connectivity index (χ3v) is 11.7. The van der Waals surface area contributed by atoms with Gasteiger partial charge in [0, 0.05) is 12.8 Å². The standard InChI is InChI=1S/C53H99NO5/c1-3-5-7-9-11-13-14-15-16-21-24-27-31-35-39-43-47-53(58)59-48-44-40-36-32-28-25-22-19-17-18-20-23-26-30-34-38-42-46-52(57)54-50(49-55)51(56)45-41-37-33-29-12-10-8-6-4-2/h13-14,16-17,19,21,50-51,55-56H,3-12,15,18,20,22-49H2,1-2H3,(H,54,57)/b14-13-,19-17-,21-16-. The highest BCUT2D eigenvalue weighted by molar-refractivity contribution is 5.76. The first-order chi connectivity index (χ1) is 29.0. The van der Waals surface area contributed by atoms with Gasteiger partial charge in [0.1, 0.15) is 0 Å². The molecule has 0 saturated heterocycles. The number of ether oxygens (including phenoxy) is 1. The Kier molecular flexibility index (Phi) is 47.2. The second-order valence-electron chi connectivity index (χ2n) is 17.5. The molecule has 0 saturated carbocycles. The number of hydrogen-bond donors (Lipinski definition) is 3. The molecule has 6 nitrogen and oxygen atoms in total. The van der Waals surface area contributed by atoms with Gasteiger partial charge in [-0.1, -0.05) is 204 Å². The van der Waals surface area contributed by atoms with Crippen molar-refractivity contribution in [1.82, 2.24) is 5.32 Å². The van der Waals surface area contributed by atoms with Crippen LogP contribution in [-0.4, -0.2) is 47.4 Å². The SMILES string of the molecule is CCCCCC/C=C\C/C=C\CCCCCCCC(=O)OCCCCCCCC/C=C\CCCCCCCCCC(=O)NC(CO)C(O)CCCCCCCCCCC. The molecule has 0 aromatic carbocycles. The second-order valence-corrected chi connectivity index (χ2v) is 17.5. The van der Waals surface area contributed by atoms with E-state index in [-0.39, 0.29) is 18.5 Å². The van der Waals surface area contributed by atoms with Crippen molar-refractivity contribution >= 4 is 11.9 Å². The summed E-state index contributed by atoms with van der Waals surface area (Å²) in [5.74, 6) is -0.0670. The number of aliphatic hydroxyl groups excluding tert-OH is 2. The van der Waals surface area contributed by atoms with Gasteiger partial charge in [0.25, 0.3) is 0 Å². The van der Waals surface area contributed by atoms with Crippen LogP contribution in [0.1, 0.15) is 264 Å². The molecule has 6 heteroatoms. The number of amides is 1. The summed E-state index contributed by atoms with van der Waals surface area (Å²) < 4.78 is 5.46. The van der Waals surface area contributed by atoms with Gasteiger partial charge in [0.15, 0.2) is 0 Å². The average molecular weight is 830 g/mol. The topological polar surface area (TPSA) is 95.9 Å². The van der Waals surface area contributed by atoms with Crippen LogP contribution in [-0.2, 0) is 14.3 Å². The smallest absolute Gasteiger partial charge is 0.305 e. The van der Waals surface area contributed by atoms with Crippen molar-refractivity contribution in [3.8, 4) is 0 Å². The van der Waals surface area contributed by atoms with E-state index in [4.69, 9.17) is 4.74 Å². The van der Waals surface area contributed by atoms with E-state index in [1.807, 2.05) is 0 Å². The maximum absolute atomic E-state index is 12.4. The van der Waals surface area contributed by atoms with Gasteiger partial charge in [0.2, 0.25) is 5.91 Å². The maximum atomic E-state index is 12.4. The molecule has 346 valence electrons. The number of hydrogen-bond acceptors (Lipinski definition) is 5. The van der Waals surface area contributed by atoms with Gasteiger partial charge in [-0.3, -0.25) is 9.59 Å². The molecule has 0 radical (unpaired) electrons. The highest BCUT2D eigenvalue weighted by atomic mass is 16.5. The minimum Gasteiger partial charge on any atom is -0.466 e. The highest BCUT2D eigenvalue weighted by Gasteiger charge is 2.20. The summed E-state index contributed by atoms with van der Waals surface area (Å²) in [5.41, 5.74) is 0. The monoisotopic (exact) mass is 830 g/mol. The Morgan fingerprint density at radius 3 is 1.32 bits per heavy atom. The summed E-state index contributed by atoms with van der Waals surface area (Å²) in [6.07, 6.45) is 58.3. The van der Waals surface area contributed by atoms with E-state index >= 15 is 0 Å². The molecule has 0 heterocycles. The molecule has 0 aliphatic heterocycles. The van der Waals surface area contributed by atoms with Crippen LogP contribution in [0, 0.1) is 0 Å². The zero-order valence-corrected chi connectivity index (χ0v) is 39.2. The molecule has 0 aliphatic carbocycles. The van der Waals surface area contributed by atoms with Gasteiger partial charge < -0.3 is 20.3 Å². The molecule has 0 spiro atoms. The number of nitrogens with one attached hydrogen (secondary N) is 1. The van der Waals surface area contributed by atoms with E-state index in [0.29, 0.717) is 25.9 Å². The minimum absolute atomic E-state index is 0.0161. The number of carbonyl (C=O) groups is 2. The number of carbonyl (C=O) groups excluding carboxylic acids is 2. The van der Waals surface area contributed by atoms with Crippen LogP contribution in [0.4, 0.5) is 0 Å². The minimum atomic E-state index is -0.670. The number of unbranched alkanes of at least 4 members (excludes halogenated alkanes) is 30. The molecular weight excluding hydrogens is 731 g/mol. The molecule has 3 N–H and O–H groups in total. The third-order valence-electron chi connectivity index (χ3n) is 11.7. The van der Waals surface area contributed by atoms with Crippen molar-refractivity contribution in [3.05, 3.63) is 36.5 Å². The summed E-state index contributed by atoms with van der Waals surface area (Å²) in [4.78, 5) is 24.4. The fourth-order valence-electron chi connectivity index (χ4n) is 7.66. The van der Waals surface area contributed by atoms with E-state index in [1.54, 1.807) is 0 Å². The number of esters is 1. The fourth-order valence-corrected chi connectivity index (χ4v) is 7.66. The summed E-state index contributed by atoms with van der Waals surface area (Å²) >= 11 is 0. The highest BCUT2D eigenvalue weighted by Crippen LogP contribution is 2.15. The van der Waals surface area contributed by atoms with Gasteiger partial charge in [-0.15, -0.1) is 0 Å². The van der Waals surface area contributed by atoms with E-state index in [1.165, 1.54) is 167 Å². The Bertz CT molecular complexity index is 962. The quantitative estimate of drug-likeness (QED) is 0.0323. The second kappa shape index (κ2) is 48.7. The van der Waals surface area contributed by atoms with Crippen LogP contribution >= 0.6 is 0 Å². The molecule has 0 aromatic rings.